The Labute approximate surface area is 180 Å². The van der Waals surface area contributed by atoms with E-state index in [1.165, 1.54) is 22.7 Å². The minimum absolute atomic E-state index is 0.311. The zero-order valence-electron chi connectivity index (χ0n) is 17.9. The first kappa shape index (κ1) is 20.8. The summed E-state index contributed by atoms with van der Waals surface area (Å²) in [6.07, 6.45) is 2.61. The van der Waals surface area contributed by atoms with Crippen LogP contribution in [-0.4, -0.2) is 36.7 Å². The van der Waals surface area contributed by atoms with Crippen LogP contribution in [0.15, 0.2) is 76.6 Å². The van der Waals surface area contributed by atoms with E-state index in [-0.39, 0.29) is 11.2 Å². The van der Waals surface area contributed by atoms with Crippen LogP contribution in [0.1, 0.15) is 11.1 Å². The van der Waals surface area contributed by atoms with Crippen molar-refractivity contribution >= 4 is 11.2 Å². The molecule has 0 unspecified atom stereocenters. The van der Waals surface area contributed by atoms with Gasteiger partial charge in [0.05, 0.1) is 6.33 Å². The zero-order chi connectivity index (χ0) is 21.8. The maximum Gasteiger partial charge on any atom is 0.332 e. The highest BCUT2D eigenvalue weighted by Crippen LogP contribution is 2.10. The molecule has 0 aliphatic rings. The molecule has 2 aromatic carbocycles. The smallest absolute Gasteiger partial charge is 0.323 e. The number of hydrogen-bond acceptors (Lipinski definition) is 4. The molecule has 0 radical (unpaired) electrons. The van der Waals surface area contributed by atoms with Gasteiger partial charge in [0, 0.05) is 40.3 Å². The number of aryl methyl sites for hydroxylation is 1. The van der Waals surface area contributed by atoms with Crippen LogP contribution in [0.25, 0.3) is 11.2 Å². The van der Waals surface area contributed by atoms with Gasteiger partial charge in [-0.3, -0.25) is 18.8 Å². The second-order valence-corrected chi connectivity index (χ2v) is 7.81. The molecule has 0 spiro atoms. The van der Waals surface area contributed by atoms with Crippen LogP contribution in [0, 0.1) is 0 Å². The molecule has 0 saturated carbocycles. The number of fused-ring (bicyclic) bond motifs is 1. The molecular weight excluding hydrogens is 390 g/mol. The number of benzene rings is 2. The minimum atomic E-state index is -0.365. The van der Waals surface area contributed by atoms with Crippen LogP contribution < -0.4 is 11.2 Å². The predicted molar refractivity (Wildman–Crippen MR) is 122 cm³/mol. The van der Waals surface area contributed by atoms with Crippen molar-refractivity contribution < 1.29 is 0 Å². The van der Waals surface area contributed by atoms with E-state index in [0.717, 1.165) is 30.6 Å². The normalized spacial score (nSPS) is 11.5. The second-order valence-electron chi connectivity index (χ2n) is 7.81. The lowest BCUT2D eigenvalue weighted by molar-refractivity contribution is 0.258. The molecule has 0 aliphatic heterocycles. The summed E-state index contributed by atoms with van der Waals surface area (Å²) in [6, 6.07) is 20.8. The van der Waals surface area contributed by atoms with Crippen LogP contribution in [0.5, 0.6) is 0 Å². The Kier molecular flexibility index (Phi) is 6.13. The summed E-state index contributed by atoms with van der Waals surface area (Å²) >= 11 is 0. The summed E-state index contributed by atoms with van der Waals surface area (Å²) in [5.74, 6) is 0. The summed E-state index contributed by atoms with van der Waals surface area (Å²) in [4.78, 5) is 31.6. The summed E-state index contributed by atoms with van der Waals surface area (Å²) in [5, 5.41) is 0. The molecule has 7 nitrogen and oxygen atoms in total. The molecule has 0 aliphatic carbocycles. The fraction of sp³-hybridized carbons (Fsp3) is 0.292. The average molecular weight is 418 g/mol. The third-order valence-electron chi connectivity index (χ3n) is 5.68. The molecule has 0 fully saturated rings. The van der Waals surface area contributed by atoms with Crippen LogP contribution >= 0.6 is 0 Å². The monoisotopic (exact) mass is 417 g/mol. The van der Waals surface area contributed by atoms with E-state index in [9.17, 15) is 9.59 Å². The van der Waals surface area contributed by atoms with Gasteiger partial charge < -0.3 is 4.57 Å². The number of aromatic nitrogens is 4. The molecule has 2 heterocycles. The van der Waals surface area contributed by atoms with E-state index in [1.54, 1.807) is 13.4 Å². The molecule has 31 heavy (non-hydrogen) atoms. The van der Waals surface area contributed by atoms with E-state index >= 15 is 0 Å². The van der Waals surface area contributed by atoms with Gasteiger partial charge in [-0.05, 0) is 17.5 Å². The Bertz CT molecular complexity index is 1270. The number of rotatable bonds is 8. The first-order valence-electron chi connectivity index (χ1n) is 10.5. The summed E-state index contributed by atoms with van der Waals surface area (Å²) < 4.78 is 4.42. The lowest BCUT2D eigenvalue weighted by Gasteiger charge is -2.23. The Hall–Kier alpha value is -3.45. The molecule has 0 atom stereocenters. The van der Waals surface area contributed by atoms with Gasteiger partial charge in [0.2, 0.25) is 0 Å². The molecule has 0 N–H and O–H groups in total. The number of hydrogen-bond donors (Lipinski definition) is 0. The summed E-state index contributed by atoms with van der Waals surface area (Å²) in [7, 11) is 3.14. The van der Waals surface area contributed by atoms with E-state index < -0.39 is 0 Å². The fourth-order valence-electron chi connectivity index (χ4n) is 3.86. The number of nitrogens with zero attached hydrogens (tertiary/aromatic N) is 5. The van der Waals surface area contributed by atoms with Crippen molar-refractivity contribution in [1.29, 1.82) is 0 Å². The van der Waals surface area contributed by atoms with Crippen LogP contribution in [0.3, 0.4) is 0 Å². The Balaban J connectivity index is 1.55. The fourth-order valence-corrected chi connectivity index (χ4v) is 3.86. The van der Waals surface area contributed by atoms with E-state index in [1.807, 2.05) is 16.7 Å². The minimum Gasteiger partial charge on any atom is -0.323 e. The highest BCUT2D eigenvalue weighted by atomic mass is 16.2. The zero-order valence-corrected chi connectivity index (χ0v) is 17.9. The van der Waals surface area contributed by atoms with Crippen molar-refractivity contribution in [3.8, 4) is 0 Å². The molecule has 4 rings (SSSR count). The lowest BCUT2D eigenvalue weighted by Crippen LogP contribution is -2.38. The SMILES string of the molecule is Cn1c(=O)c2c(ncn2CCN(CCc2ccccc2)Cc2ccccc2)n(C)c1=O. The molecule has 4 aromatic rings. The summed E-state index contributed by atoms with van der Waals surface area (Å²) in [5.41, 5.74) is 2.77. The molecule has 160 valence electrons. The lowest BCUT2D eigenvalue weighted by atomic mass is 10.1. The average Bonchev–Trinajstić information content (AvgIpc) is 3.23. The van der Waals surface area contributed by atoms with Crippen molar-refractivity contribution in [2.45, 2.75) is 19.5 Å². The van der Waals surface area contributed by atoms with Gasteiger partial charge in [-0.1, -0.05) is 60.7 Å². The standard InChI is InChI=1S/C24H27N5O2/c1-26-22-21(23(30)27(2)24(26)31)29(18-25-22)16-15-28(17-20-11-7-4-8-12-20)14-13-19-9-5-3-6-10-19/h3-12,18H,13-17H2,1-2H3. The first-order valence-corrected chi connectivity index (χ1v) is 10.5. The van der Waals surface area contributed by atoms with Crippen molar-refractivity contribution in [1.82, 2.24) is 23.6 Å². The number of imidazole rings is 1. The van der Waals surface area contributed by atoms with Crippen LogP contribution in [0.2, 0.25) is 0 Å². The van der Waals surface area contributed by atoms with Crippen LogP contribution in [0.4, 0.5) is 0 Å². The summed E-state index contributed by atoms with van der Waals surface area (Å²) in [6.45, 7) is 3.11. The highest BCUT2D eigenvalue weighted by molar-refractivity contribution is 5.69. The Morgan fingerprint density at radius 3 is 2.16 bits per heavy atom. The quantitative estimate of drug-likeness (QED) is 0.441. The van der Waals surface area contributed by atoms with Gasteiger partial charge in [0.15, 0.2) is 11.2 Å². The highest BCUT2D eigenvalue weighted by Gasteiger charge is 2.15. The maximum absolute atomic E-state index is 12.7. The predicted octanol–water partition coefficient (Wildman–Crippen LogP) is 2.18. The van der Waals surface area contributed by atoms with Gasteiger partial charge in [-0.25, -0.2) is 9.78 Å². The maximum atomic E-state index is 12.7. The first-order chi connectivity index (χ1) is 15.0. The van der Waals surface area contributed by atoms with Crippen molar-refractivity contribution in [3.05, 3.63) is 99.0 Å². The third-order valence-corrected chi connectivity index (χ3v) is 5.68. The topological polar surface area (TPSA) is 65.1 Å². The van der Waals surface area contributed by atoms with E-state index in [2.05, 4.69) is 58.4 Å². The Morgan fingerprint density at radius 1 is 0.839 bits per heavy atom. The van der Waals surface area contributed by atoms with Crippen LogP contribution in [-0.2, 0) is 33.6 Å². The van der Waals surface area contributed by atoms with E-state index in [4.69, 9.17) is 0 Å². The largest absolute Gasteiger partial charge is 0.332 e. The molecule has 0 amide bonds. The Morgan fingerprint density at radius 2 is 1.48 bits per heavy atom. The van der Waals surface area contributed by atoms with Gasteiger partial charge in [0.1, 0.15) is 0 Å². The van der Waals surface area contributed by atoms with E-state index in [0.29, 0.717) is 17.7 Å². The molecule has 2 aromatic heterocycles. The van der Waals surface area contributed by atoms with Crippen molar-refractivity contribution in [3.63, 3.8) is 0 Å². The second kappa shape index (κ2) is 9.14. The molecular formula is C24H27N5O2. The van der Waals surface area contributed by atoms with Gasteiger partial charge in [-0.15, -0.1) is 0 Å². The van der Waals surface area contributed by atoms with Gasteiger partial charge in [-0.2, -0.15) is 0 Å². The molecule has 0 bridgehead atoms. The third kappa shape index (κ3) is 4.51. The van der Waals surface area contributed by atoms with Gasteiger partial charge >= 0.3 is 5.69 Å². The molecule has 0 saturated heterocycles. The van der Waals surface area contributed by atoms with Crippen molar-refractivity contribution in [2.75, 3.05) is 13.1 Å². The molecule has 7 heteroatoms. The van der Waals surface area contributed by atoms with Crippen molar-refractivity contribution in [2.24, 2.45) is 14.1 Å². The van der Waals surface area contributed by atoms with Gasteiger partial charge in [0.25, 0.3) is 5.56 Å².